The zero-order valence-electron chi connectivity index (χ0n) is 14.1. The molecule has 6 heteroatoms. The SMILES string of the molecule is CC(C)C[C@@H](C(=O)O)N(Cc1ccc2ccccc2c1)S(C)(=O)=O. The van der Waals surface area contributed by atoms with Gasteiger partial charge in [0, 0.05) is 6.54 Å². The van der Waals surface area contributed by atoms with Crippen molar-refractivity contribution >= 4 is 26.8 Å². The molecule has 0 aromatic heterocycles. The molecule has 130 valence electrons. The van der Waals surface area contributed by atoms with Gasteiger partial charge in [0.15, 0.2) is 0 Å². The van der Waals surface area contributed by atoms with Crippen molar-refractivity contribution < 1.29 is 18.3 Å². The van der Waals surface area contributed by atoms with Gasteiger partial charge in [-0.1, -0.05) is 50.2 Å². The lowest BCUT2D eigenvalue weighted by molar-refractivity contribution is -0.142. The van der Waals surface area contributed by atoms with Gasteiger partial charge in [-0.3, -0.25) is 4.79 Å². The van der Waals surface area contributed by atoms with Gasteiger partial charge in [0.2, 0.25) is 10.0 Å². The van der Waals surface area contributed by atoms with Crippen molar-refractivity contribution in [3.05, 3.63) is 48.0 Å². The Balaban J connectivity index is 2.38. The molecule has 5 nitrogen and oxygen atoms in total. The highest BCUT2D eigenvalue weighted by molar-refractivity contribution is 7.88. The molecule has 1 atom stereocenters. The highest BCUT2D eigenvalue weighted by Gasteiger charge is 2.32. The van der Waals surface area contributed by atoms with Gasteiger partial charge >= 0.3 is 5.97 Å². The Hall–Kier alpha value is -1.92. The number of benzene rings is 2. The van der Waals surface area contributed by atoms with E-state index >= 15 is 0 Å². The fourth-order valence-electron chi connectivity index (χ4n) is 2.76. The van der Waals surface area contributed by atoms with Crippen LogP contribution < -0.4 is 0 Å². The number of carboxylic acid groups (broad SMARTS) is 1. The second-order valence-electron chi connectivity index (χ2n) is 6.47. The molecular formula is C18H23NO4S. The monoisotopic (exact) mass is 349 g/mol. The number of rotatable bonds is 7. The van der Waals surface area contributed by atoms with E-state index in [1.807, 2.05) is 56.3 Å². The van der Waals surface area contributed by atoms with Crippen LogP contribution in [0.15, 0.2) is 42.5 Å². The lowest BCUT2D eigenvalue weighted by Crippen LogP contribution is -2.44. The summed E-state index contributed by atoms with van der Waals surface area (Å²) >= 11 is 0. The highest BCUT2D eigenvalue weighted by Crippen LogP contribution is 2.21. The van der Waals surface area contributed by atoms with Crippen molar-refractivity contribution in [2.75, 3.05) is 6.26 Å². The first kappa shape index (κ1) is 18.4. The second-order valence-corrected chi connectivity index (χ2v) is 8.41. The smallest absolute Gasteiger partial charge is 0.322 e. The van der Waals surface area contributed by atoms with E-state index in [2.05, 4.69) is 0 Å². The molecule has 24 heavy (non-hydrogen) atoms. The van der Waals surface area contributed by atoms with Gasteiger partial charge < -0.3 is 5.11 Å². The molecule has 0 heterocycles. The average molecular weight is 349 g/mol. The molecule has 0 radical (unpaired) electrons. The molecule has 0 unspecified atom stereocenters. The third kappa shape index (κ3) is 4.55. The van der Waals surface area contributed by atoms with E-state index in [0.717, 1.165) is 26.9 Å². The first-order valence-corrected chi connectivity index (χ1v) is 9.70. The Morgan fingerprint density at radius 3 is 2.29 bits per heavy atom. The summed E-state index contributed by atoms with van der Waals surface area (Å²) in [4.78, 5) is 11.6. The number of sulfonamides is 1. The zero-order valence-corrected chi connectivity index (χ0v) is 15.0. The van der Waals surface area contributed by atoms with Crippen LogP contribution >= 0.6 is 0 Å². The quantitative estimate of drug-likeness (QED) is 0.833. The topological polar surface area (TPSA) is 74.7 Å². The average Bonchev–Trinajstić information content (AvgIpc) is 2.49. The van der Waals surface area contributed by atoms with Crippen LogP contribution in [0.1, 0.15) is 25.8 Å². The third-order valence-electron chi connectivity index (χ3n) is 3.91. The summed E-state index contributed by atoms with van der Waals surface area (Å²) in [5, 5.41) is 11.6. The van der Waals surface area contributed by atoms with Crippen LogP contribution in [0, 0.1) is 5.92 Å². The van der Waals surface area contributed by atoms with Crippen LogP contribution in [0.3, 0.4) is 0 Å². The predicted molar refractivity (Wildman–Crippen MR) is 95.2 cm³/mol. The minimum absolute atomic E-state index is 0.0490. The Morgan fingerprint density at radius 1 is 1.12 bits per heavy atom. The van der Waals surface area contributed by atoms with E-state index in [9.17, 15) is 18.3 Å². The third-order valence-corrected chi connectivity index (χ3v) is 5.14. The Bertz CT molecular complexity index is 830. The van der Waals surface area contributed by atoms with Crippen molar-refractivity contribution in [3.63, 3.8) is 0 Å². The molecule has 2 aromatic carbocycles. The van der Waals surface area contributed by atoms with E-state index in [1.165, 1.54) is 0 Å². The number of carbonyl (C=O) groups is 1. The lowest BCUT2D eigenvalue weighted by atomic mass is 10.0. The van der Waals surface area contributed by atoms with Crippen LogP contribution in [0.2, 0.25) is 0 Å². The molecule has 0 aliphatic carbocycles. The minimum atomic E-state index is -3.65. The summed E-state index contributed by atoms with van der Waals surface area (Å²) in [7, 11) is -3.65. The van der Waals surface area contributed by atoms with Crippen LogP contribution in [0.25, 0.3) is 10.8 Å². The van der Waals surface area contributed by atoms with Crippen molar-refractivity contribution in [3.8, 4) is 0 Å². The molecule has 0 bridgehead atoms. The minimum Gasteiger partial charge on any atom is -0.480 e. The van der Waals surface area contributed by atoms with Gasteiger partial charge in [0.05, 0.1) is 6.26 Å². The van der Waals surface area contributed by atoms with Gasteiger partial charge in [0.1, 0.15) is 6.04 Å². The van der Waals surface area contributed by atoms with Crippen LogP contribution in [-0.2, 0) is 21.4 Å². The number of fused-ring (bicyclic) bond motifs is 1. The largest absolute Gasteiger partial charge is 0.480 e. The predicted octanol–water partition coefficient (Wildman–Crippen LogP) is 3.10. The molecule has 0 saturated carbocycles. The Labute approximate surface area is 143 Å². The molecule has 0 aliphatic heterocycles. The molecule has 1 N–H and O–H groups in total. The summed E-state index contributed by atoms with van der Waals surface area (Å²) in [5.74, 6) is -1.04. The molecule has 2 rings (SSSR count). The summed E-state index contributed by atoms with van der Waals surface area (Å²) < 4.78 is 25.5. The van der Waals surface area contributed by atoms with Crippen molar-refractivity contribution in [2.24, 2.45) is 5.92 Å². The second kappa shape index (κ2) is 7.32. The number of carboxylic acids is 1. The van der Waals surface area contributed by atoms with Crippen LogP contribution in [0.5, 0.6) is 0 Å². The molecule has 0 saturated heterocycles. The fraction of sp³-hybridized carbons (Fsp3) is 0.389. The summed E-state index contributed by atoms with van der Waals surface area (Å²) in [6.07, 6.45) is 1.33. The molecule has 0 aliphatic rings. The number of hydrogen-bond acceptors (Lipinski definition) is 3. The molecule has 0 spiro atoms. The number of nitrogens with zero attached hydrogens (tertiary/aromatic N) is 1. The standard InChI is InChI=1S/C18H23NO4S/c1-13(2)10-17(18(20)21)19(24(3,22)23)12-14-8-9-15-6-4-5-7-16(15)11-14/h4-9,11,13,17H,10,12H2,1-3H3,(H,20,21)/t17-/m0/s1. The van der Waals surface area contributed by atoms with Crippen LogP contribution in [-0.4, -0.2) is 36.1 Å². The van der Waals surface area contributed by atoms with Gasteiger partial charge in [-0.2, -0.15) is 4.31 Å². The fourth-order valence-corrected chi connectivity index (χ4v) is 3.79. The van der Waals surface area contributed by atoms with Crippen molar-refractivity contribution in [1.29, 1.82) is 0 Å². The first-order chi connectivity index (χ1) is 11.2. The highest BCUT2D eigenvalue weighted by atomic mass is 32.2. The first-order valence-electron chi connectivity index (χ1n) is 7.86. The summed E-state index contributed by atoms with van der Waals surface area (Å²) in [5.41, 5.74) is 0.772. The Morgan fingerprint density at radius 2 is 1.75 bits per heavy atom. The Kier molecular flexibility index (Phi) is 5.62. The van der Waals surface area contributed by atoms with Gasteiger partial charge in [-0.25, -0.2) is 8.42 Å². The maximum atomic E-state index is 12.2. The van der Waals surface area contributed by atoms with E-state index in [-0.39, 0.29) is 18.9 Å². The van der Waals surface area contributed by atoms with Gasteiger partial charge in [-0.05, 0) is 34.7 Å². The van der Waals surface area contributed by atoms with Crippen LogP contribution in [0.4, 0.5) is 0 Å². The lowest BCUT2D eigenvalue weighted by Gasteiger charge is -2.28. The summed E-state index contributed by atoms with van der Waals surface area (Å²) in [6, 6.07) is 12.4. The zero-order chi connectivity index (χ0) is 17.9. The van der Waals surface area contributed by atoms with Crippen molar-refractivity contribution in [1.82, 2.24) is 4.31 Å². The van der Waals surface area contributed by atoms with Crippen molar-refractivity contribution in [2.45, 2.75) is 32.9 Å². The van der Waals surface area contributed by atoms with E-state index in [4.69, 9.17) is 0 Å². The van der Waals surface area contributed by atoms with Gasteiger partial charge in [0.25, 0.3) is 0 Å². The number of hydrogen-bond donors (Lipinski definition) is 1. The molecule has 0 amide bonds. The normalized spacial score (nSPS) is 13.5. The summed E-state index contributed by atoms with van der Waals surface area (Å²) in [6.45, 7) is 3.81. The number of aliphatic carboxylic acids is 1. The molecule has 2 aromatic rings. The molecule has 0 fully saturated rings. The maximum Gasteiger partial charge on any atom is 0.322 e. The van der Waals surface area contributed by atoms with E-state index < -0.39 is 22.0 Å². The van der Waals surface area contributed by atoms with Gasteiger partial charge in [-0.15, -0.1) is 0 Å². The van der Waals surface area contributed by atoms with E-state index in [0.29, 0.717) is 0 Å². The van der Waals surface area contributed by atoms with E-state index in [1.54, 1.807) is 0 Å². The molecular weight excluding hydrogens is 326 g/mol. The maximum absolute atomic E-state index is 12.2.